The van der Waals surface area contributed by atoms with Crippen molar-refractivity contribution in [3.8, 4) is 0 Å². The Morgan fingerprint density at radius 3 is 1.56 bits per heavy atom. The zero-order chi connectivity index (χ0) is 7.71. The molecule has 0 aliphatic heterocycles. The highest BCUT2D eigenvalue weighted by Crippen LogP contribution is 2.25. The molecule has 0 aromatic rings. The third kappa shape index (κ3) is 2.16. The zero-order valence-corrected chi connectivity index (χ0v) is 7.42. The van der Waals surface area contributed by atoms with E-state index in [1.165, 1.54) is 0 Å². The summed E-state index contributed by atoms with van der Waals surface area (Å²) in [6.45, 7) is 8.11. The minimum Gasteiger partial charge on any atom is -0.312 e. The summed E-state index contributed by atoms with van der Waals surface area (Å²) in [5, 5.41) is 0. The zero-order valence-electron chi connectivity index (χ0n) is 6.52. The molecule has 0 aliphatic rings. The summed E-state index contributed by atoms with van der Waals surface area (Å²) in [6.07, 6.45) is 0. The number of hydrogen-bond donors (Lipinski definition) is 3. The monoisotopic (exact) mass is 148 g/mol. The van der Waals surface area contributed by atoms with Gasteiger partial charge in [0.15, 0.2) is 0 Å². The van der Waals surface area contributed by atoms with Gasteiger partial charge >= 0.3 is 0 Å². The first kappa shape index (κ1) is 9.27. The number of nitrogens with two attached hydrogens (primary N) is 1. The number of rotatable bonds is 1. The van der Waals surface area contributed by atoms with Crippen molar-refractivity contribution < 1.29 is 0 Å². The van der Waals surface area contributed by atoms with E-state index in [4.69, 9.17) is 5.73 Å². The smallest absolute Gasteiger partial charge is 0.0773 e. The van der Waals surface area contributed by atoms with E-state index in [-0.39, 0.29) is 5.41 Å². The highest BCUT2D eigenvalue weighted by atomic mass is 32.1. The SMILES string of the molecule is CC(C)(C)C(C)(N)NS. The van der Waals surface area contributed by atoms with Crippen molar-refractivity contribution in [3.63, 3.8) is 0 Å². The molecule has 0 radical (unpaired) electrons. The molecule has 3 heteroatoms. The topological polar surface area (TPSA) is 38.0 Å². The lowest BCUT2D eigenvalue weighted by Gasteiger charge is -2.37. The van der Waals surface area contributed by atoms with Gasteiger partial charge in [-0.3, -0.25) is 0 Å². The predicted octanol–water partition coefficient (Wildman–Crippen LogP) is 1.14. The number of thiol groups is 1. The van der Waals surface area contributed by atoms with E-state index in [9.17, 15) is 0 Å². The first-order valence-corrected chi connectivity index (χ1v) is 3.46. The van der Waals surface area contributed by atoms with Crippen LogP contribution in [0, 0.1) is 5.41 Å². The molecule has 56 valence electrons. The Balaban J connectivity index is 4.14. The molecular weight excluding hydrogens is 132 g/mol. The van der Waals surface area contributed by atoms with Gasteiger partial charge in [0.1, 0.15) is 0 Å². The summed E-state index contributed by atoms with van der Waals surface area (Å²) in [5.41, 5.74) is 5.44. The van der Waals surface area contributed by atoms with E-state index in [0.717, 1.165) is 0 Å². The second kappa shape index (κ2) is 2.48. The van der Waals surface area contributed by atoms with Gasteiger partial charge in [-0.05, 0) is 12.3 Å². The predicted molar refractivity (Wildman–Crippen MR) is 44.2 cm³/mol. The van der Waals surface area contributed by atoms with E-state index in [1.54, 1.807) is 0 Å². The largest absolute Gasteiger partial charge is 0.312 e. The van der Waals surface area contributed by atoms with Gasteiger partial charge in [0.25, 0.3) is 0 Å². The summed E-state index contributed by atoms with van der Waals surface area (Å²) in [4.78, 5) is 0. The Bertz CT molecular complexity index is 93.7. The van der Waals surface area contributed by atoms with Crippen molar-refractivity contribution in [2.24, 2.45) is 11.1 Å². The summed E-state index contributed by atoms with van der Waals surface area (Å²) in [7, 11) is 0. The molecule has 0 saturated heterocycles. The molecule has 9 heavy (non-hydrogen) atoms. The van der Waals surface area contributed by atoms with Crippen LogP contribution < -0.4 is 10.5 Å². The molecule has 0 aromatic heterocycles. The average Bonchev–Trinajstić information content (AvgIpc) is 1.64. The van der Waals surface area contributed by atoms with Gasteiger partial charge in [-0.1, -0.05) is 33.6 Å². The molecule has 0 fully saturated rings. The maximum Gasteiger partial charge on any atom is 0.0773 e. The second-order valence-corrected chi connectivity index (χ2v) is 3.79. The molecule has 0 heterocycles. The minimum absolute atomic E-state index is 0.0365. The van der Waals surface area contributed by atoms with Crippen LogP contribution in [-0.4, -0.2) is 5.66 Å². The molecule has 2 nitrogen and oxygen atoms in total. The van der Waals surface area contributed by atoms with Crippen LogP contribution in [0.5, 0.6) is 0 Å². The molecule has 0 spiro atoms. The van der Waals surface area contributed by atoms with E-state index in [2.05, 4.69) is 38.3 Å². The lowest BCUT2D eigenvalue weighted by molar-refractivity contribution is 0.199. The molecule has 0 saturated carbocycles. The van der Waals surface area contributed by atoms with Crippen LogP contribution >= 0.6 is 12.8 Å². The van der Waals surface area contributed by atoms with Gasteiger partial charge in [-0.15, -0.1) is 0 Å². The fourth-order valence-corrected chi connectivity index (χ4v) is 0.503. The average molecular weight is 148 g/mol. The Morgan fingerprint density at radius 2 is 1.56 bits per heavy atom. The molecular formula is C6H16N2S. The maximum atomic E-state index is 5.81. The van der Waals surface area contributed by atoms with Crippen LogP contribution in [0.4, 0.5) is 0 Å². The van der Waals surface area contributed by atoms with E-state index in [1.807, 2.05) is 6.92 Å². The molecule has 1 unspecified atom stereocenters. The maximum absolute atomic E-state index is 5.81. The summed E-state index contributed by atoms with van der Waals surface area (Å²) in [6, 6.07) is 0. The molecule has 0 rings (SSSR count). The Labute approximate surface area is 62.7 Å². The second-order valence-electron chi connectivity index (χ2n) is 3.56. The Hall–Kier alpha value is 0.270. The van der Waals surface area contributed by atoms with Gasteiger partial charge in [-0.25, -0.2) is 4.72 Å². The van der Waals surface area contributed by atoms with Crippen molar-refractivity contribution in [2.75, 3.05) is 0 Å². The third-order valence-corrected chi connectivity index (χ3v) is 2.25. The highest BCUT2D eigenvalue weighted by Gasteiger charge is 2.31. The van der Waals surface area contributed by atoms with Gasteiger partial charge in [0.05, 0.1) is 5.66 Å². The Kier molecular flexibility index (Phi) is 2.56. The van der Waals surface area contributed by atoms with Crippen molar-refractivity contribution in [3.05, 3.63) is 0 Å². The lowest BCUT2D eigenvalue weighted by atomic mass is 9.83. The fourth-order valence-electron chi connectivity index (χ4n) is 0.168. The van der Waals surface area contributed by atoms with Gasteiger partial charge in [0.2, 0.25) is 0 Å². The molecule has 0 aromatic carbocycles. The van der Waals surface area contributed by atoms with Gasteiger partial charge in [0, 0.05) is 0 Å². The minimum atomic E-state index is -0.407. The van der Waals surface area contributed by atoms with Crippen LogP contribution in [0.15, 0.2) is 0 Å². The van der Waals surface area contributed by atoms with Crippen molar-refractivity contribution in [1.82, 2.24) is 4.72 Å². The lowest BCUT2D eigenvalue weighted by Crippen LogP contribution is -2.56. The van der Waals surface area contributed by atoms with E-state index >= 15 is 0 Å². The van der Waals surface area contributed by atoms with Crippen LogP contribution in [0.25, 0.3) is 0 Å². The van der Waals surface area contributed by atoms with Gasteiger partial charge < -0.3 is 5.73 Å². The molecule has 0 aliphatic carbocycles. The first-order chi connectivity index (χ1) is 3.81. The first-order valence-electron chi connectivity index (χ1n) is 3.01. The van der Waals surface area contributed by atoms with Crippen molar-refractivity contribution >= 4 is 12.8 Å². The molecule has 0 amide bonds. The van der Waals surface area contributed by atoms with Crippen LogP contribution in [0.1, 0.15) is 27.7 Å². The fraction of sp³-hybridized carbons (Fsp3) is 1.00. The van der Waals surface area contributed by atoms with Crippen molar-refractivity contribution in [2.45, 2.75) is 33.4 Å². The molecule has 3 N–H and O–H groups in total. The van der Waals surface area contributed by atoms with E-state index < -0.39 is 5.66 Å². The standard InChI is InChI=1S/C6H16N2S/c1-5(2,3)6(4,7)8-9/h8-9H,7H2,1-4H3. The molecule has 0 bridgehead atoms. The molecule has 1 atom stereocenters. The number of nitrogens with one attached hydrogen (secondary N) is 1. The van der Waals surface area contributed by atoms with Crippen LogP contribution in [0.3, 0.4) is 0 Å². The summed E-state index contributed by atoms with van der Waals surface area (Å²) in [5.74, 6) is 0. The highest BCUT2D eigenvalue weighted by molar-refractivity contribution is 7.78. The van der Waals surface area contributed by atoms with Gasteiger partial charge in [-0.2, -0.15) is 0 Å². The summed E-state index contributed by atoms with van der Waals surface area (Å²) < 4.78 is 2.75. The normalized spacial score (nSPS) is 19.3. The third-order valence-electron chi connectivity index (χ3n) is 1.79. The summed E-state index contributed by atoms with van der Waals surface area (Å²) >= 11 is 3.92. The van der Waals surface area contributed by atoms with E-state index in [0.29, 0.717) is 0 Å². The van der Waals surface area contributed by atoms with Crippen LogP contribution in [0.2, 0.25) is 0 Å². The quantitative estimate of drug-likeness (QED) is 0.385. The van der Waals surface area contributed by atoms with Crippen molar-refractivity contribution in [1.29, 1.82) is 0 Å². The Morgan fingerprint density at radius 1 is 1.22 bits per heavy atom. The number of hydrogen-bond acceptors (Lipinski definition) is 3. The van der Waals surface area contributed by atoms with Crippen LogP contribution in [-0.2, 0) is 0 Å².